The summed E-state index contributed by atoms with van der Waals surface area (Å²) in [5.41, 5.74) is 7.28. The summed E-state index contributed by atoms with van der Waals surface area (Å²) in [6.07, 6.45) is 3.94. The molecule has 2 heterocycles. The van der Waals surface area contributed by atoms with Gasteiger partial charge in [0.05, 0.1) is 6.61 Å². The molecule has 1 saturated heterocycles. The maximum atomic E-state index is 5.93. The third-order valence-electron chi connectivity index (χ3n) is 4.65. The van der Waals surface area contributed by atoms with Gasteiger partial charge in [0.25, 0.3) is 0 Å². The molecule has 5 heteroatoms. The maximum absolute atomic E-state index is 5.93. The zero-order chi connectivity index (χ0) is 14.4. The van der Waals surface area contributed by atoms with E-state index in [0.29, 0.717) is 18.1 Å². The number of benzene rings is 1. The molecule has 1 aromatic carbocycles. The number of anilines is 1. The van der Waals surface area contributed by atoms with Crippen LogP contribution in [-0.2, 0) is 0 Å². The lowest BCUT2D eigenvalue weighted by atomic mass is 9.61. The van der Waals surface area contributed by atoms with Crippen molar-refractivity contribution in [2.24, 2.45) is 11.1 Å². The molecule has 5 nitrogen and oxygen atoms in total. The SMILES string of the molecule is CCOc1cccc2c(N3CC4(CC(N)C4)C3)ncnc12. The second-order valence-corrected chi connectivity index (χ2v) is 6.31. The Hall–Kier alpha value is -1.88. The zero-order valence-corrected chi connectivity index (χ0v) is 12.2. The number of rotatable bonds is 3. The topological polar surface area (TPSA) is 64.3 Å². The summed E-state index contributed by atoms with van der Waals surface area (Å²) in [5.74, 6) is 1.85. The van der Waals surface area contributed by atoms with Crippen molar-refractivity contribution in [2.75, 3.05) is 24.6 Å². The number of para-hydroxylation sites is 1. The van der Waals surface area contributed by atoms with Crippen molar-refractivity contribution >= 4 is 16.7 Å². The first kappa shape index (κ1) is 12.8. The van der Waals surface area contributed by atoms with Crippen molar-refractivity contribution in [3.05, 3.63) is 24.5 Å². The van der Waals surface area contributed by atoms with E-state index in [9.17, 15) is 0 Å². The predicted molar refractivity (Wildman–Crippen MR) is 82.6 cm³/mol. The lowest BCUT2D eigenvalue weighted by molar-refractivity contribution is 0.0661. The second-order valence-electron chi connectivity index (χ2n) is 6.31. The Kier molecular flexibility index (Phi) is 2.79. The first-order chi connectivity index (χ1) is 10.2. The van der Waals surface area contributed by atoms with E-state index < -0.39 is 0 Å². The lowest BCUT2D eigenvalue weighted by Crippen LogP contribution is -2.65. The molecule has 0 amide bonds. The van der Waals surface area contributed by atoms with E-state index in [-0.39, 0.29) is 0 Å². The highest BCUT2D eigenvalue weighted by atomic mass is 16.5. The van der Waals surface area contributed by atoms with Crippen LogP contribution in [-0.4, -0.2) is 35.7 Å². The fourth-order valence-electron chi connectivity index (χ4n) is 3.79. The van der Waals surface area contributed by atoms with Gasteiger partial charge in [0, 0.05) is 29.9 Å². The van der Waals surface area contributed by atoms with Gasteiger partial charge in [0.2, 0.25) is 0 Å². The molecule has 2 aromatic rings. The predicted octanol–water partition coefficient (Wildman–Crippen LogP) is 1.96. The first-order valence-corrected chi connectivity index (χ1v) is 7.58. The van der Waals surface area contributed by atoms with Crippen molar-refractivity contribution in [2.45, 2.75) is 25.8 Å². The van der Waals surface area contributed by atoms with Gasteiger partial charge in [-0.05, 0) is 31.9 Å². The Morgan fingerprint density at radius 3 is 2.86 bits per heavy atom. The van der Waals surface area contributed by atoms with E-state index >= 15 is 0 Å². The maximum Gasteiger partial charge on any atom is 0.145 e. The molecule has 2 N–H and O–H groups in total. The number of aromatic nitrogens is 2. The second kappa shape index (κ2) is 4.56. The zero-order valence-electron chi connectivity index (χ0n) is 12.2. The van der Waals surface area contributed by atoms with Crippen molar-refractivity contribution in [1.82, 2.24) is 9.97 Å². The van der Waals surface area contributed by atoms with Crippen LogP contribution < -0.4 is 15.4 Å². The van der Waals surface area contributed by atoms with Gasteiger partial charge in [-0.2, -0.15) is 0 Å². The molecule has 1 aromatic heterocycles. The highest BCUT2D eigenvalue weighted by molar-refractivity contribution is 5.93. The standard InChI is InChI=1S/C16H20N4O/c1-2-21-13-5-3-4-12-14(13)18-10-19-15(12)20-8-16(9-20)6-11(17)7-16/h3-5,10-11H,2,6-9,17H2,1H3. The Labute approximate surface area is 124 Å². The summed E-state index contributed by atoms with van der Waals surface area (Å²) in [6, 6.07) is 6.45. The number of hydrogen-bond donors (Lipinski definition) is 1. The molecular formula is C16H20N4O. The molecule has 2 aliphatic rings. The van der Waals surface area contributed by atoms with Crippen LogP contribution in [0.5, 0.6) is 5.75 Å². The highest BCUT2D eigenvalue weighted by Gasteiger charge is 2.51. The van der Waals surface area contributed by atoms with Gasteiger partial charge in [-0.1, -0.05) is 6.07 Å². The summed E-state index contributed by atoms with van der Waals surface area (Å²) in [6.45, 7) is 4.75. The van der Waals surface area contributed by atoms with Crippen molar-refractivity contribution in [3.8, 4) is 5.75 Å². The average Bonchev–Trinajstić information content (AvgIpc) is 2.42. The Balaban J connectivity index is 1.66. The molecule has 21 heavy (non-hydrogen) atoms. The first-order valence-electron chi connectivity index (χ1n) is 7.58. The summed E-state index contributed by atoms with van der Waals surface area (Å²) in [7, 11) is 0. The molecule has 110 valence electrons. The third-order valence-corrected chi connectivity index (χ3v) is 4.65. The van der Waals surface area contributed by atoms with Gasteiger partial charge in [-0.15, -0.1) is 0 Å². The normalized spacial score (nSPS) is 20.4. The Bertz CT molecular complexity index is 673. The van der Waals surface area contributed by atoms with Gasteiger partial charge in [0.15, 0.2) is 0 Å². The van der Waals surface area contributed by atoms with E-state index in [4.69, 9.17) is 10.5 Å². The van der Waals surface area contributed by atoms with Gasteiger partial charge in [-0.3, -0.25) is 0 Å². The van der Waals surface area contributed by atoms with Crippen LogP contribution in [0.1, 0.15) is 19.8 Å². The van der Waals surface area contributed by atoms with Crippen molar-refractivity contribution < 1.29 is 4.74 Å². The van der Waals surface area contributed by atoms with E-state index in [1.54, 1.807) is 6.33 Å². The molecule has 1 aliphatic carbocycles. The fourth-order valence-corrected chi connectivity index (χ4v) is 3.79. The van der Waals surface area contributed by atoms with Crippen LogP contribution >= 0.6 is 0 Å². The lowest BCUT2D eigenvalue weighted by Gasteiger charge is -2.58. The number of hydrogen-bond acceptors (Lipinski definition) is 5. The average molecular weight is 284 g/mol. The van der Waals surface area contributed by atoms with Crippen molar-refractivity contribution in [3.63, 3.8) is 0 Å². The van der Waals surface area contributed by atoms with Gasteiger partial charge in [0.1, 0.15) is 23.4 Å². The highest BCUT2D eigenvalue weighted by Crippen LogP contribution is 2.49. The Morgan fingerprint density at radius 1 is 1.33 bits per heavy atom. The summed E-state index contributed by atoms with van der Waals surface area (Å²) < 4.78 is 5.67. The molecule has 1 spiro atoms. The molecule has 0 bridgehead atoms. The van der Waals surface area contributed by atoms with Crippen LogP contribution in [0.25, 0.3) is 10.9 Å². The van der Waals surface area contributed by atoms with Gasteiger partial charge in [-0.25, -0.2) is 9.97 Å². The van der Waals surface area contributed by atoms with E-state index in [1.807, 2.05) is 19.1 Å². The largest absolute Gasteiger partial charge is 0.492 e. The number of nitrogens with two attached hydrogens (primary N) is 1. The molecule has 1 saturated carbocycles. The molecule has 4 rings (SSSR count). The Morgan fingerprint density at radius 2 is 2.14 bits per heavy atom. The summed E-state index contributed by atoms with van der Waals surface area (Å²) >= 11 is 0. The van der Waals surface area contributed by atoms with Crippen LogP contribution in [0, 0.1) is 5.41 Å². The molecule has 0 unspecified atom stereocenters. The van der Waals surface area contributed by atoms with Gasteiger partial charge < -0.3 is 15.4 Å². The number of fused-ring (bicyclic) bond motifs is 1. The van der Waals surface area contributed by atoms with E-state index in [1.165, 1.54) is 0 Å². The minimum Gasteiger partial charge on any atom is -0.492 e. The summed E-state index contributed by atoms with van der Waals surface area (Å²) in [5, 5.41) is 1.07. The van der Waals surface area contributed by atoms with Crippen molar-refractivity contribution in [1.29, 1.82) is 0 Å². The number of ether oxygens (including phenoxy) is 1. The van der Waals surface area contributed by atoms with Crippen LogP contribution in [0.2, 0.25) is 0 Å². The third kappa shape index (κ3) is 1.95. The molecule has 0 radical (unpaired) electrons. The monoisotopic (exact) mass is 284 g/mol. The van der Waals surface area contributed by atoms with Crippen LogP contribution in [0.15, 0.2) is 24.5 Å². The van der Waals surface area contributed by atoms with Crippen LogP contribution in [0.4, 0.5) is 5.82 Å². The quantitative estimate of drug-likeness (QED) is 0.933. The van der Waals surface area contributed by atoms with E-state index in [0.717, 1.165) is 48.4 Å². The molecule has 1 aliphatic heterocycles. The minimum absolute atomic E-state index is 0.402. The van der Waals surface area contributed by atoms with Crippen LogP contribution in [0.3, 0.4) is 0 Å². The minimum atomic E-state index is 0.402. The smallest absolute Gasteiger partial charge is 0.145 e. The van der Waals surface area contributed by atoms with Gasteiger partial charge >= 0.3 is 0 Å². The number of nitrogens with zero attached hydrogens (tertiary/aromatic N) is 3. The molecule has 0 atom stereocenters. The molecular weight excluding hydrogens is 264 g/mol. The summed E-state index contributed by atoms with van der Waals surface area (Å²) in [4.78, 5) is 11.2. The fraction of sp³-hybridized carbons (Fsp3) is 0.500. The molecule has 2 fully saturated rings. The van der Waals surface area contributed by atoms with E-state index in [2.05, 4.69) is 20.9 Å².